The van der Waals surface area contributed by atoms with Crippen LogP contribution < -0.4 is 9.64 Å². The predicted molar refractivity (Wildman–Crippen MR) is 112 cm³/mol. The number of ketones is 1. The number of nitrogens with zero attached hydrogens (tertiary/aromatic N) is 1. The standard InChI is InChI=1S/C24H19NO5/c1-30-19-13-6-5-12-18(19)22(27)20-21(15-8-7-11-17(26)14-15)25(24(29)23(20)28)16-9-3-2-4-10-16/h2-14,21,26-27H,1H3/b22-20-. The fourth-order valence-corrected chi connectivity index (χ4v) is 3.68. The molecule has 1 saturated heterocycles. The lowest BCUT2D eigenvalue weighted by Crippen LogP contribution is -2.29. The van der Waals surface area contributed by atoms with E-state index in [0.717, 1.165) is 0 Å². The van der Waals surface area contributed by atoms with E-state index in [0.29, 0.717) is 22.6 Å². The quantitative estimate of drug-likeness (QED) is 0.392. The first-order chi connectivity index (χ1) is 14.5. The smallest absolute Gasteiger partial charge is 0.300 e. The molecule has 0 saturated carbocycles. The Balaban J connectivity index is 1.98. The molecule has 1 fully saturated rings. The van der Waals surface area contributed by atoms with Gasteiger partial charge >= 0.3 is 0 Å². The summed E-state index contributed by atoms with van der Waals surface area (Å²) in [5.74, 6) is -1.54. The van der Waals surface area contributed by atoms with E-state index in [9.17, 15) is 19.8 Å². The van der Waals surface area contributed by atoms with Gasteiger partial charge in [-0.25, -0.2) is 0 Å². The van der Waals surface area contributed by atoms with Gasteiger partial charge in [0.1, 0.15) is 17.3 Å². The molecule has 0 bridgehead atoms. The largest absolute Gasteiger partial charge is 0.508 e. The van der Waals surface area contributed by atoms with Crippen LogP contribution in [0.3, 0.4) is 0 Å². The van der Waals surface area contributed by atoms with E-state index in [1.807, 2.05) is 0 Å². The molecule has 1 aliphatic heterocycles. The number of Topliss-reactive ketones (excluding diaryl/α,β-unsaturated/α-hetero) is 1. The molecule has 1 unspecified atom stereocenters. The number of aliphatic hydroxyl groups is 1. The highest BCUT2D eigenvalue weighted by Crippen LogP contribution is 2.43. The molecule has 1 heterocycles. The molecular formula is C24H19NO5. The molecule has 0 aromatic heterocycles. The highest BCUT2D eigenvalue weighted by Gasteiger charge is 2.47. The number of carbonyl (C=O) groups excluding carboxylic acids is 2. The van der Waals surface area contributed by atoms with E-state index in [2.05, 4.69) is 0 Å². The molecular weight excluding hydrogens is 382 g/mol. The van der Waals surface area contributed by atoms with E-state index >= 15 is 0 Å². The van der Waals surface area contributed by atoms with E-state index < -0.39 is 17.7 Å². The van der Waals surface area contributed by atoms with Crippen molar-refractivity contribution in [3.05, 3.63) is 95.6 Å². The zero-order chi connectivity index (χ0) is 21.3. The number of phenols is 1. The van der Waals surface area contributed by atoms with Gasteiger partial charge in [-0.1, -0.05) is 42.5 Å². The summed E-state index contributed by atoms with van der Waals surface area (Å²) < 4.78 is 5.32. The van der Waals surface area contributed by atoms with Gasteiger partial charge in [0.2, 0.25) is 0 Å². The number of carbonyl (C=O) groups is 2. The maximum atomic E-state index is 13.1. The van der Waals surface area contributed by atoms with Gasteiger partial charge < -0.3 is 14.9 Å². The van der Waals surface area contributed by atoms with Crippen molar-refractivity contribution in [2.45, 2.75) is 6.04 Å². The van der Waals surface area contributed by atoms with Gasteiger partial charge in [-0.3, -0.25) is 14.5 Å². The van der Waals surface area contributed by atoms with E-state index in [-0.39, 0.29) is 17.1 Å². The monoisotopic (exact) mass is 401 g/mol. The molecule has 0 aliphatic carbocycles. The molecule has 4 rings (SSSR count). The van der Waals surface area contributed by atoms with Crippen LogP contribution in [0.15, 0.2) is 84.4 Å². The Bertz CT molecular complexity index is 1150. The first-order valence-electron chi connectivity index (χ1n) is 9.31. The van der Waals surface area contributed by atoms with Crippen LogP contribution >= 0.6 is 0 Å². The summed E-state index contributed by atoms with van der Waals surface area (Å²) in [6, 6.07) is 20.8. The number of aliphatic hydroxyl groups excluding tert-OH is 1. The molecule has 2 N–H and O–H groups in total. The summed E-state index contributed by atoms with van der Waals surface area (Å²) >= 11 is 0. The Labute approximate surface area is 173 Å². The summed E-state index contributed by atoms with van der Waals surface area (Å²) in [4.78, 5) is 27.4. The second kappa shape index (κ2) is 7.75. The SMILES string of the molecule is COc1ccccc1/C(O)=C1/C(=O)C(=O)N(c2ccccc2)C1c1cccc(O)c1. The predicted octanol–water partition coefficient (Wildman–Crippen LogP) is 4.03. The molecule has 1 aliphatic rings. The molecule has 0 radical (unpaired) electrons. The third-order valence-corrected chi connectivity index (χ3v) is 5.03. The van der Waals surface area contributed by atoms with Crippen molar-refractivity contribution in [1.82, 2.24) is 0 Å². The van der Waals surface area contributed by atoms with Crippen molar-refractivity contribution in [2.75, 3.05) is 12.0 Å². The minimum absolute atomic E-state index is 0.0107. The lowest BCUT2D eigenvalue weighted by atomic mass is 9.94. The van der Waals surface area contributed by atoms with E-state index in [1.54, 1.807) is 66.7 Å². The Morgan fingerprint density at radius 2 is 1.63 bits per heavy atom. The number of phenolic OH excluding ortho intramolecular Hbond substituents is 1. The van der Waals surface area contributed by atoms with Crippen LogP contribution in [0.5, 0.6) is 11.5 Å². The Kier molecular flexibility index (Phi) is 4.98. The number of rotatable bonds is 4. The van der Waals surface area contributed by atoms with Crippen LogP contribution in [0.1, 0.15) is 17.2 Å². The number of methoxy groups -OCH3 is 1. The highest BCUT2D eigenvalue weighted by atomic mass is 16.5. The number of anilines is 1. The first kappa shape index (κ1) is 19.3. The van der Waals surface area contributed by atoms with Gasteiger partial charge in [0.15, 0.2) is 0 Å². The van der Waals surface area contributed by atoms with Crippen molar-refractivity contribution in [1.29, 1.82) is 0 Å². The molecule has 1 atom stereocenters. The summed E-state index contributed by atoms with van der Waals surface area (Å²) in [5, 5.41) is 21.1. The lowest BCUT2D eigenvalue weighted by molar-refractivity contribution is -0.132. The number of amides is 1. The molecule has 6 nitrogen and oxygen atoms in total. The second-order valence-corrected chi connectivity index (χ2v) is 6.80. The molecule has 30 heavy (non-hydrogen) atoms. The fourth-order valence-electron chi connectivity index (χ4n) is 3.68. The van der Waals surface area contributed by atoms with Crippen LogP contribution in [-0.4, -0.2) is 29.0 Å². The van der Waals surface area contributed by atoms with Crippen molar-refractivity contribution in [3.63, 3.8) is 0 Å². The first-order valence-corrected chi connectivity index (χ1v) is 9.31. The Hall–Kier alpha value is -4.06. The average Bonchev–Trinajstić information content (AvgIpc) is 3.04. The molecule has 0 spiro atoms. The van der Waals surface area contributed by atoms with Gasteiger partial charge in [-0.15, -0.1) is 0 Å². The summed E-state index contributed by atoms with van der Waals surface area (Å²) in [7, 11) is 1.46. The van der Waals surface area contributed by atoms with Crippen molar-refractivity contribution < 1.29 is 24.5 Å². The van der Waals surface area contributed by atoms with Crippen LogP contribution in [0.4, 0.5) is 5.69 Å². The summed E-state index contributed by atoms with van der Waals surface area (Å²) in [6.07, 6.45) is 0. The minimum atomic E-state index is -0.913. The van der Waals surface area contributed by atoms with Gasteiger partial charge in [0, 0.05) is 5.69 Å². The van der Waals surface area contributed by atoms with Crippen LogP contribution in [0, 0.1) is 0 Å². The number of hydrogen-bond donors (Lipinski definition) is 2. The van der Waals surface area contributed by atoms with Crippen molar-refractivity contribution >= 4 is 23.1 Å². The van der Waals surface area contributed by atoms with E-state index in [1.165, 1.54) is 24.1 Å². The van der Waals surface area contributed by atoms with Gasteiger partial charge in [0.25, 0.3) is 11.7 Å². The molecule has 1 amide bonds. The number of aromatic hydroxyl groups is 1. The number of para-hydroxylation sites is 2. The maximum Gasteiger partial charge on any atom is 0.300 e. The van der Waals surface area contributed by atoms with Crippen LogP contribution in [-0.2, 0) is 9.59 Å². The average molecular weight is 401 g/mol. The Morgan fingerprint density at radius 3 is 2.33 bits per heavy atom. The number of ether oxygens (including phenoxy) is 1. The second-order valence-electron chi connectivity index (χ2n) is 6.80. The van der Waals surface area contributed by atoms with Gasteiger partial charge in [-0.05, 0) is 42.0 Å². The molecule has 3 aromatic carbocycles. The minimum Gasteiger partial charge on any atom is -0.508 e. The fraction of sp³-hybridized carbons (Fsp3) is 0.0833. The number of hydrogen-bond acceptors (Lipinski definition) is 5. The van der Waals surface area contributed by atoms with Crippen molar-refractivity contribution in [3.8, 4) is 11.5 Å². The molecule has 150 valence electrons. The normalized spacial score (nSPS) is 17.9. The third-order valence-electron chi connectivity index (χ3n) is 5.03. The van der Waals surface area contributed by atoms with Gasteiger partial charge in [-0.2, -0.15) is 0 Å². The topological polar surface area (TPSA) is 87.1 Å². The zero-order valence-corrected chi connectivity index (χ0v) is 16.1. The molecule has 3 aromatic rings. The zero-order valence-electron chi connectivity index (χ0n) is 16.1. The van der Waals surface area contributed by atoms with Crippen molar-refractivity contribution in [2.24, 2.45) is 0 Å². The van der Waals surface area contributed by atoms with E-state index in [4.69, 9.17) is 4.74 Å². The summed E-state index contributed by atoms with van der Waals surface area (Å²) in [5.41, 5.74) is 1.23. The Morgan fingerprint density at radius 1 is 0.933 bits per heavy atom. The molecule has 6 heteroatoms. The third kappa shape index (κ3) is 3.18. The maximum absolute atomic E-state index is 13.1. The number of benzene rings is 3. The van der Waals surface area contributed by atoms with Gasteiger partial charge in [0.05, 0.1) is 24.3 Å². The van der Waals surface area contributed by atoms with Crippen LogP contribution in [0.2, 0.25) is 0 Å². The van der Waals surface area contributed by atoms with Crippen LogP contribution in [0.25, 0.3) is 5.76 Å². The highest BCUT2D eigenvalue weighted by molar-refractivity contribution is 6.51. The summed E-state index contributed by atoms with van der Waals surface area (Å²) in [6.45, 7) is 0. The lowest BCUT2D eigenvalue weighted by Gasteiger charge is -2.25.